The van der Waals surface area contributed by atoms with E-state index in [1.54, 1.807) is 6.08 Å². The van der Waals surface area contributed by atoms with Crippen LogP contribution in [0.3, 0.4) is 0 Å². The molecular formula is C18H26O2. The molecule has 2 rings (SSSR count). The van der Waals surface area contributed by atoms with Gasteiger partial charge in [0.25, 0.3) is 0 Å². The maximum absolute atomic E-state index is 12.9. The highest BCUT2D eigenvalue weighted by atomic mass is 16.1. The van der Waals surface area contributed by atoms with Gasteiger partial charge < -0.3 is 0 Å². The molecule has 2 nitrogen and oxygen atoms in total. The Bertz CT molecular complexity index is 523. The zero-order valence-corrected chi connectivity index (χ0v) is 13.6. The smallest absolute Gasteiger partial charge is 0.163 e. The lowest BCUT2D eigenvalue weighted by Gasteiger charge is -2.47. The van der Waals surface area contributed by atoms with Gasteiger partial charge in [0.15, 0.2) is 11.6 Å². The van der Waals surface area contributed by atoms with Crippen LogP contribution < -0.4 is 0 Å². The third-order valence-corrected chi connectivity index (χ3v) is 5.06. The first-order valence-corrected chi connectivity index (χ1v) is 7.39. The summed E-state index contributed by atoms with van der Waals surface area (Å²) in [5.74, 6) is 0.0607. The molecule has 20 heavy (non-hydrogen) atoms. The van der Waals surface area contributed by atoms with Crippen molar-refractivity contribution in [3.05, 3.63) is 23.8 Å². The van der Waals surface area contributed by atoms with Crippen molar-refractivity contribution in [1.29, 1.82) is 0 Å². The summed E-state index contributed by atoms with van der Waals surface area (Å²) in [5, 5.41) is 0. The summed E-state index contributed by atoms with van der Waals surface area (Å²) in [5.41, 5.74) is 0.623. The molecule has 0 heterocycles. The van der Waals surface area contributed by atoms with Crippen LogP contribution in [-0.2, 0) is 9.59 Å². The molecule has 0 aliphatic heterocycles. The third-order valence-electron chi connectivity index (χ3n) is 5.06. The van der Waals surface area contributed by atoms with Gasteiger partial charge in [-0.15, -0.1) is 0 Å². The van der Waals surface area contributed by atoms with Crippen LogP contribution in [0.4, 0.5) is 0 Å². The highest BCUT2D eigenvalue weighted by molar-refractivity contribution is 6.14. The Morgan fingerprint density at radius 1 is 1.15 bits per heavy atom. The molecule has 0 N–H and O–H groups in total. The van der Waals surface area contributed by atoms with Crippen molar-refractivity contribution in [2.45, 2.75) is 54.4 Å². The second-order valence-corrected chi connectivity index (χ2v) is 8.44. The zero-order valence-electron chi connectivity index (χ0n) is 13.6. The second kappa shape index (κ2) is 4.16. The molecule has 1 fully saturated rings. The van der Waals surface area contributed by atoms with E-state index in [2.05, 4.69) is 27.4 Å². The van der Waals surface area contributed by atoms with Gasteiger partial charge in [0.05, 0.1) is 5.41 Å². The fourth-order valence-corrected chi connectivity index (χ4v) is 3.89. The number of Topliss-reactive ketones (excluding diaryl/α,β-unsaturated/α-hetero) is 1. The Labute approximate surface area is 122 Å². The number of hydrogen-bond acceptors (Lipinski definition) is 2. The molecule has 110 valence electrons. The number of fused-ring (bicyclic) bond motifs is 1. The topological polar surface area (TPSA) is 34.1 Å². The summed E-state index contributed by atoms with van der Waals surface area (Å²) >= 11 is 0. The minimum Gasteiger partial charge on any atom is -0.294 e. The molecule has 2 atom stereocenters. The number of allylic oxidation sites excluding steroid dienone is 3. The second-order valence-electron chi connectivity index (χ2n) is 8.44. The molecule has 1 saturated carbocycles. The largest absolute Gasteiger partial charge is 0.294 e. The van der Waals surface area contributed by atoms with E-state index in [0.717, 1.165) is 5.57 Å². The number of ketones is 2. The van der Waals surface area contributed by atoms with Crippen molar-refractivity contribution in [2.75, 3.05) is 0 Å². The van der Waals surface area contributed by atoms with Crippen molar-refractivity contribution in [3.63, 3.8) is 0 Å². The van der Waals surface area contributed by atoms with Gasteiger partial charge in [0.2, 0.25) is 0 Å². The summed E-state index contributed by atoms with van der Waals surface area (Å²) in [6.07, 6.45) is 2.94. The monoisotopic (exact) mass is 274 g/mol. The average molecular weight is 274 g/mol. The zero-order chi connectivity index (χ0) is 15.5. The van der Waals surface area contributed by atoms with Gasteiger partial charge in [-0.1, -0.05) is 53.7 Å². The van der Waals surface area contributed by atoms with Gasteiger partial charge in [0, 0.05) is 11.5 Å². The van der Waals surface area contributed by atoms with Gasteiger partial charge in [0.1, 0.15) is 0 Å². The molecule has 0 unspecified atom stereocenters. The van der Waals surface area contributed by atoms with Gasteiger partial charge in [-0.3, -0.25) is 9.59 Å². The Morgan fingerprint density at radius 2 is 1.70 bits per heavy atom. The number of carbonyl (C=O) groups is 2. The predicted molar refractivity (Wildman–Crippen MR) is 81.3 cm³/mol. The van der Waals surface area contributed by atoms with E-state index in [-0.39, 0.29) is 28.3 Å². The molecule has 0 bridgehead atoms. The summed E-state index contributed by atoms with van der Waals surface area (Å²) in [7, 11) is 0. The van der Waals surface area contributed by atoms with E-state index in [1.807, 2.05) is 20.8 Å². The maximum Gasteiger partial charge on any atom is 0.163 e. The molecule has 2 heteroatoms. The van der Waals surface area contributed by atoms with Crippen molar-refractivity contribution in [2.24, 2.45) is 22.2 Å². The van der Waals surface area contributed by atoms with Crippen LogP contribution >= 0.6 is 0 Å². The van der Waals surface area contributed by atoms with Gasteiger partial charge in [-0.2, -0.15) is 0 Å². The summed E-state index contributed by atoms with van der Waals surface area (Å²) in [4.78, 5) is 25.9. The normalized spacial score (nSPS) is 31.4. The number of hydrogen-bond donors (Lipinski definition) is 0. The van der Waals surface area contributed by atoms with Crippen molar-refractivity contribution >= 4 is 11.6 Å². The first-order chi connectivity index (χ1) is 8.91. The molecule has 0 radical (unpaired) electrons. The van der Waals surface area contributed by atoms with E-state index in [0.29, 0.717) is 18.4 Å². The summed E-state index contributed by atoms with van der Waals surface area (Å²) in [6.45, 7) is 16.3. The first-order valence-electron chi connectivity index (χ1n) is 7.39. The summed E-state index contributed by atoms with van der Waals surface area (Å²) in [6, 6.07) is 0. The van der Waals surface area contributed by atoms with E-state index in [9.17, 15) is 9.59 Å². The third kappa shape index (κ3) is 1.92. The standard InChI is InChI=1S/C18H26O2/c1-11-8-13-15(20)12(16(2,3)4)9-14(19)18(13,10-11)17(5,6)7/h9,13H,1,8,10H2,2-7H3/t13-,18+/m0/s1. The van der Waals surface area contributed by atoms with Gasteiger partial charge in [-0.05, 0) is 29.7 Å². The van der Waals surface area contributed by atoms with Crippen LogP contribution in [0.25, 0.3) is 0 Å². The highest BCUT2D eigenvalue weighted by Crippen LogP contribution is 2.60. The molecule has 0 aromatic heterocycles. The Balaban J connectivity index is 2.64. The fourth-order valence-electron chi connectivity index (χ4n) is 3.89. The van der Waals surface area contributed by atoms with Gasteiger partial charge in [-0.25, -0.2) is 0 Å². The van der Waals surface area contributed by atoms with Gasteiger partial charge >= 0.3 is 0 Å². The molecule has 2 aliphatic carbocycles. The molecule has 2 aliphatic rings. The average Bonchev–Trinajstić information content (AvgIpc) is 2.60. The lowest BCUT2D eigenvalue weighted by Crippen LogP contribution is -2.51. The van der Waals surface area contributed by atoms with Crippen molar-refractivity contribution in [3.8, 4) is 0 Å². The first kappa shape index (κ1) is 15.2. The molecule has 0 amide bonds. The van der Waals surface area contributed by atoms with Crippen molar-refractivity contribution < 1.29 is 9.59 Å². The fraction of sp³-hybridized carbons (Fsp3) is 0.667. The van der Waals surface area contributed by atoms with Crippen LogP contribution in [0.15, 0.2) is 23.8 Å². The SMILES string of the molecule is C=C1C[C@H]2C(=O)C(C(C)(C)C)=CC(=O)[C@@]2(C(C)(C)C)C1. The molecular weight excluding hydrogens is 248 g/mol. The number of carbonyl (C=O) groups excluding carboxylic acids is 2. The van der Waals surface area contributed by atoms with Crippen LogP contribution in [0.1, 0.15) is 54.4 Å². The van der Waals surface area contributed by atoms with E-state index < -0.39 is 5.41 Å². The lowest BCUT2D eigenvalue weighted by atomic mass is 9.54. The molecule has 0 spiro atoms. The minimum absolute atomic E-state index is 0.123. The highest BCUT2D eigenvalue weighted by Gasteiger charge is 2.61. The lowest BCUT2D eigenvalue weighted by molar-refractivity contribution is -0.143. The molecule has 0 aromatic carbocycles. The Kier molecular flexibility index (Phi) is 3.16. The van der Waals surface area contributed by atoms with Crippen LogP contribution in [-0.4, -0.2) is 11.6 Å². The van der Waals surface area contributed by atoms with Crippen molar-refractivity contribution in [1.82, 2.24) is 0 Å². The van der Waals surface area contributed by atoms with E-state index >= 15 is 0 Å². The minimum atomic E-state index is -0.587. The molecule has 0 aromatic rings. The number of rotatable bonds is 0. The van der Waals surface area contributed by atoms with Crippen LogP contribution in [0.2, 0.25) is 0 Å². The Morgan fingerprint density at radius 3 is 2.15 bits per heavy atom. The Hall–Kier alpha value is -1.18. The quantitative estimate of drug-likeness (QED) is 0.623. The van der Waals surface area contributed by atoms with Crippen LogP contribution in [0.5, 0.6) is 0 Å². The van der Waals surface area contributed by atoms with Crippen LogP contribution in [0, 0.1) is 22.2 Å². The van der Waals surface area contributed by atoms with E-state index in [4.69, 9.17) is 0 Å². The maximum atomic E-state index is 12.9. The molecule has 0 saturated heterocycles. The predicted octanol–water partition coefficient (Wildman–Crippen LogP) is 4.11. The summed E-state index contributed by atoms with van der Waals surface area (Å²) < 4.78 is 0. The van der Waals surface area contributed by atoms with E-state index in [1.165, 1.54) is 0 Å².